The summed E-state index contributed by atoms with van der Waals surface area (Å²) in [5.74, 6) is -1.68. The molecule has 1 heterocycles. The van der Waals surface area contributed by atoms with Crippen LogP contribution in [0.5, 0.6) is 0 Å². The Kier molecular flexibility index (Phi) is 9.17. The van der Waals surface area contributed by atoms with Gasteiger partial charge in [-0.25, -0.2) is 4.98 Å². The van der Waals surface area contributed by atoms with Crippen LogP contribution in [0.25, 0.3) is 0 Å². The summed E-state index contributed by atoms with van der Waals surface area (Å²) in [7, 11) is -0.946. The SMILES string of the molecule is CS(=O)CC[C@H](N)C(=O)O.N[C@@H](Cc1cnc[nH]1)C(=O)O. The third-order valence-electron chi connectivity index (χ3n) is 2.35. The van der Waals surface area contributed by atoms with Crippen LogP contribution in [0.1, 0.15) is 12.1 Å². The highest BCUT2D eigenvalue weighted by molar-refractivity contribution is 7.84. The van der Waals surface area contributed by atoms with Crippen LogP contribution >= 0.6 is 0 Å². The van der Waals surface area contributed by atoms with Gasteiger partial charge in [0.1, 0.15) is 12.1 Å². The van der Waals surface area contributed by atoms with E-state index in [1.807, 2.05) is 0 Å². The molecule has 0 aliphatic heterocycles. The molecular weight excluding hydrogens is 300 g/mol. The summed E-state index contributed by atoms with van der Waals surface area (Å²) >= 11 is 0. The standard InChI is InChI=1S/C6H9N3O2.C5H11NO3S/c7-5(6(10)11)1-4-2-8-3-9-4;1-10(9)3-2-4(6)5(7)8/h2-3,5H,1,7H2,(H,8,9)(H,10,11);4H,2-3,6H2,1H3,(H,7,8)/t5-;4-,10?/m00/s1. The second-order valence-electron chi connectivity index (χ2n) is 4.24. The highest BCUT2D eigenvalue weighted by atomic mass is 32.2. The summed E-state index contributed by atoms with van der Waals surface area (Å²) in [5, 5.41) is 16.7. The number of nitrogens with two attached hydrogens (primary N) is 2. The van der Waals surface area contributed by atoms with Crippen LogP contribution in [0.2, 0.25) is 0 Å². The maximum Gasteiger partial charge on any atom is 0.320 e. The Balaban J connectivity index is 0.000000384. The van der Waals surface area contributed by atoms with E-state index in [1.165, 1.54) is 12.6 Å². The van der Waals surface area contributed by atoms with Crippen LogP contribution in [-0.4, -0.2) is 60.4 Å². The van der Waals surface area contributed by atoms with Crippen molar-refractivity contribution in [3.05, 3.63) is 18.2 Å². The fourth-order valence-corrected chi connectivity index (χ4v) is 1.72. The van der Waals surface area contributed by atoms with Crippen molar-refractivity contribution in [1.82, 2.24) is 9.97 Å². The number of carbonyl (C=O) groups is 2. The van der Waals surface area contributed by atoms with Gasteiger partial charge in [-0.1, -0.05) is 0 Å². The van der Waals surface area contributed by atoms with Crippen molar-refractivity contribution >= 4 is 22.7 Å². The topological polar surface area (TPSA) is 172 Å². The molecule has 1 rings (SSSR count). The fraction of sp³-hybridized carbons (Fsp3) is 0.545. The molecule has 9 nitrogen and oxygen atoms in total. The average molecular weight is 320 g/mol. The van der Waals surface area contributed by atoms with Gasteiger partial charge in [-0.05, 0) is 6.42 Å². The van der Waals surface area contributed by atoms with Crippen molar-refractivity contribution in [2.24, 2.45) is 11.5 Å². The lowest BCUT2D eigenvalue weighted by molar-refractivity contribution is -0.139. The molecule has 0 radical (unpaired) electrons. The van der Waals surface area contributed by atoms with Gasteiger partial charge in [0.2, 0.25) is 0 Å². The molecule has 0 saturated carbocycles. The predicted octanol–water partition coefficient (Wildman–Crippen LogP) is -1.47. The van der Waals surface area contributed by atoms with Crippen LogP contribution in [-0.2, 0) is 26.8 Å². The lowest BCUT2D eigenvalue weighted by Gasteiger charge is -2.02. The molecule has 0 bridgehead atoms. The maximum atomic E-state index is 10.4. The summed E-state index contributed by atoms with van der Waals surface area (Å²) < 4.78 is 10.4. The first-order valence-corrected chi connectivity index (χ1v) is 7.70. The van der Waals surface area contributed by atoms with E-state index >= 15 is 0 Å². The molecule has 0 aliphatic rings. The summed E-state index contributed by atoms with van der Waals surface area (Å²) in [5.41, 5.74) is 11.1. The smallest absolute Gasteiger partial charge is 0.320 e. The number of carboxylic acid groups (broad SMARTS) is 2. The molecule has 1 aromatic heterocycles. The normalized spacial score (nSPS) is 14.4. The van der Waals surface area contributed by atoms with E-state index in [1.54, 1.807) is 6.20 Å². The van der Waals surface area contributed by atoms with Crippen LogP contribution in [0, 0.1) is 0 Å². The van der Waals surface area contributed by atoms with Crippen molar-refractivity contribution in [2.75, 3.05) is 12.0 Å². The van der Waals surface area contributed by atoms with E-state index in [9.17, 15) is 13.8 Å². The second kappa shape index (κ2) is 10.0. The highest BCUT2D eigenvalue weighted by Gasteiger charge is 2.12. The van der Waals surface area contributed by atoms with Crippen LogP contribution in [0.4, 0.5) is 0 Å². The summed E-state index contributed by atoms with van der Waals surface area (Å²) in [6, 6.07) is -1.72. The number of nitrogens with one attached hydrogen (secondary N) is 1. The quantitative estimate of drug-likeness (QED) is 0.405. The van der Waals surface area contributed by atoms with Crippen LogP contribution < -0.4 is 11.5 Å². The van der Waals surface area contributed by atoms with E-state index in [0.717, 1.165) is 5.69 Å². The maximum absolute atomic E-state index is 10.4. The predicted molar refractivity (Wildman–Crippen MR) is 77.1 cm³/mol. The molecule has 10 heteroatoms. The minimum absolute atomic E-state index is 0.276. The number of rotatable bonds is 7. The van der Waals surface area contributed by atoms with E-state index in [-0.39, 0.29) is 12.8 Å². The van der Waals surface area contributed by atoms with Crippen molar-refractivity contribution in [3.63, 3.8) is 0 Å². The Morgan fingerprint density at radius 3 is 2.29 bits per heavy atom. The number of H-pyrrole nitrogens is 1. The number of aromatic nitrogens is 2. The number of aliphatic carboxylic acids is 2. The molecule has 1 aromatic rings. The summed E-state index contributed by atoms with van der Waals surface area (Å²) in [6.45, 7) is 0. The average Bonchev–Trinajstić information content (AvgIpc) is 2.89. The first kappa shape index (κ1) is 19.2. The number of imidazole rings is 1. The van der Waals surface area contributed by atoms with Gasteiger partial charge in [-0.3, -0.25) is 13.8 Å². The van der Waals surface area contributed by atoms with Gasteiger partial charge in [0.15, 0.2) is 0 Å². The molecule has 21 heavy (non-hydrogen) atoms. The zero-order chi connectivity index (χ0) is 16.4. The van der Waals surface area contributed by atoms with Gasteiger partial charge >= 0.3 is 11.9 Å². The summed E-state index contributed by atoms with van der Waals surface area (Å²) in [6.07, 6.45) is 5.13. The van der Waals surface area contributed by atoms with Gasteiger partial charge in [-0.15, -0.1) is 0 Å². The van der Waals surface area contributed by atoms with Crippen LogP contribution in [0.3, 0.4) is 0 Å². The number of hydrogen-bond acceptors (Lipinski definition) is 6. The Bertz CT molecular complexity index is 465. The molecule has 0 fully saturated rings. The van der Waals surface area contributed by atoms with Gasteiger partial charge in [0, 0.05) is 41.1 Å². The Labute approximate surface area is 124 Å². The first-order valence-electron chi connectivity index (χ1n) is 5.98. The minimum Gasteiger partial charge on any atom is -0.480 e. The van der Waals surface area contributed by atoms with E-state index in [0.29, 0.717) is 5.75 Å². The molecule has 0 saturated heterocycles. The van der Waals surface area contributed by atoms with Crippen molar-refractivity contribution in [1.29, 1.82) is 0 Å². The largest absolute Gasteiger partial charge is 0.480 e. The van der Waals surface area contributed by atoms with E-state index in [4.69, 9.17) is 21.7 Å². The monoisotopic (exact) mass is 320 g/mol. The molecule has 0 spiro atoms. The lowest BCUT2D eigenvalue weighted by atomic mass is 10.2. The fourth-order valence-electron chi connectivity index (χ4n) is 1.14. The highest BCUT2D eigenvalue weighted by Crippen LogP contribution is 1.95. The number of hydrogen-bond donors (Lipinski definition) is 5. The zero-order valence-electron chi connectivity index (χ0n) is 11.6. The molecule has 1 unspecified atom stereocenters. The van der Waals surface area contributed by atoms with Crippen molar-refractivity contribution in [3.8, 4) is 0 Å². The Morgan fingerprint density at radius 1 is 1.33 bits per heavy atom. The van der Waals surface area contributed by atoms with E-state index < -0.39 is 34.8 Å². The Hall–Kier alpha value is -1.78. The molecule has 0 aromatic carbocycles. The van der Waals surface area contributed by atoms with Crippen molar-refractivity contribution in [2.45, 2.75) is 24.9 Å². The first-order chi connectivity index (χ1) is 9.73. The second-order valence-corrected chi connectivity index (χ2v) is 5.79. The molecular formula is C11H20N4O5S. The Morgan fingerprint density at radius 2 is 1.90 bits per heavy atom. The molecule has 0 amide bonds. The molecule has 0 aliphatic carbocycles. The molecule has 120 valence electrons. The van der Waals surface area contributed by atoms with Gasteiger partial charge in [-0.2, -0.15) is 0 Å². The summed E-state index contributed by atoms with van der Waals surface area (Å²) in [4.78, 5) is 26.9. The van der Waals surface area contributed by atoms with Gasteiger partial charge in [0.25, 0.3) is 0 Å². The number of carboxylic acids is 2. The number of aromatic amines is 1. The third kappa shape index (κ3) is 9.71. The van der Waals surface area contributed by atoms with Crippen molar-refractivity contribution < 1.29 is 24.0 Å². The zero-order valence-corrected chi connectivity index (χ0v) is 12.4. The molecule has 3 atom stereocenters. The lowest BCUT2D eigenvalue weighted by Crippen LogP contribution is -2.32. The van der Waals surface area contributed by atoms with Gasteiger partial charge in [0.05, 0.1) is 6.33 Å². The van der Waals surface area contributed by atoms with Crippen LogP contribution in [0.15, 0.2) is 12.5 Å². The minimum atomic E-state index is -1.04. The third-order valence-corrected chi connectivity index (χ3v) is 3.16. The number of nitrogens with zero attached hydrogens (tertiary/aromatic N) is 1. The van der Waals surface area contributed by atoms with Gasteiger partial charge < -0.3 is 26.7 Å². The van der Waals surface area contributed by atoms with E-state index in [2.05, 4.69) is 9.97 Å². The molecule has 7 N–H and O–H groups in total.